The summed E-state index contributed by atoms with van der Waals surface area (Å²) in [6.45, 7) is 9.14. The van der Waals surface area contributed by atoms with Gasteiger partial charge in [-0.2, -0.15) is 0 Å². The van der Waals surface area contributed by atoms with Crippen LogP contribution in [-0.2, 0) is 4.79 Å². The van der Waals surface area contributed by atoms with E-state index >= 15 is 0 Å². The second kappa shape index (κ2) is 8.76. The molecule has 0 aliphatic carbocycles. The summed E-state index contributed by atoms with van der Waals surface area (Å²) < 4.78 is 0. The Labute approximate surface area is 203 Å². The first-order chi connectivity index (χ1) is 16.0. The molecular formula is C27H25N3OS2. The van der Waals surface area contributed by atoms with Crippen LogP contribution in [0.3, 0.4) is 0 Å². The lowest BCUT2D eigenvalue weighted by Gasteiger charge is -2.19. The molecule has 0 unspecified atom stereocenters. The fraction of sp³-hybridized carbons (Fsp3) is 0.185. The van der Waals surface area contributed by atoms with Gasteiger partial charge in [0.15, 0.2) is 5.17 Å². The van der Waals surface area contributed by atoms with Gasteiger partial charge in [0.2, 0.25) is 0 Å². The Kier molecular flexibility index (Phi) is 5.81. The van der Waals surface area contributed by atoms with Gasteiger partial charge in [-0.1, -0.05) is 47.7 Å². The van der Waals surface area contributed by atoms with Crippen molar-refractivity contribution < 1.29 is 4.79 Å². The van der Waals surface area contributed by atoms with Crippen molar-refractivity contribution in [2.45, 2.75) is 32.6 Å². The number of hydrogen-bond acceptors (Lipinski definition) is 5. The maximum Gasteiger partial charge on any atom is 0.274 e. The molecule has 1 fully saturated rings. The lowest BCUT2D eigenvalue weighted by atomic mass is 10.1. The van der Waals surface area contributed by atoms with E-state index in [9.17, 15) is 4.79 Å². The molecule has 3 aromatic rings. The van der Waals surface area contributed by atoms with E-state index in [1.54, 1.807) is 16.7 Å². The van der Waals surface area contributed by atoms with Gasteiger partial charge >= 0.3 is 0 Å². The number of anilines is 2. The minimum absolute atomic E-state index is 0.0276. The van der Waals surface area contributed by atoms with Crippen molar-refractivity contribution >= 4 is 51.7 Å². The monoisotopic (exact) mass is 471 g/mol. The van der Waals surface area contributed by atoms with Crippen LogP contribution in [0, 0.1) is 20.8 Å². The van der Waals surface area contributed by atoms with E-state index in [1.807, 2.05) is 49.4 Å². The SMILES string of the molecule is CCN1/C(=C2/SC(=Nc3ccc(C)c(C)c3)N(c3ccc(C)cc3)C2=O)Sc2ccccc21. The first-order valence-electron chi connectivity index (χ1n) is 11.0. The van der Waals surface area contributed by atoms with Crippen LogP contribution in [0.25, 0.3) is 0 Å². The molecule has 2 aliphatic rings. The van der Waals surface area contributed by atoms with Gasteiger partial charge in [0, 0.05) is 11.4 Å². The van der Waals surface area contributed by atoms with Gasteiger partial charge in [0.25, 0.3) is 5.91 Å². The highest BCUT2D eigenvalue weighted by Gasteiger charge is 2.40. The molecule has 166 valence electrons. The minimum Gasteiger partial charge on any atom is -0.334 e. The highest BCUT2D eigenvalue weighted by atomic mass is 32.2. The van der Waals surface area contributed by atoms with Gasteiger partial charge in [-0.25, -0.2) is 4.99 Å². The number of aliphatic imine (C=N–C) groups is 1. The summed E-state index contributed by atoms with van der Waals surface area (Å²) in [5.41, 5.74) is 6.41. The van der Waals surface area contributed by atoms with E-state index in [1.165, 1.54) is 27.8 Å². The van der Waals surface area contributed by atoms with Crippen LogP contribution in [0.1, 0.15) is 23.6 Å². The standard InChI is InChI=1S/C27H25N3OS2/c1-5-29-22-8-6-7-9-23(22)32-26(29)24-25(31)30(21-14-10-17(2)11-15-21)27(33-24)28-20-13-12-18(3)19(4)16-20/h6-16H,5H2,1-4H3/b26-24-,28-27?. The summed E-state index contributed by atoms with van der Waals surface area (Å²) in [5.74, 6) is -0.0276. The van der Waals surface area contributed by atoms with Crippen LogP contribution in [-0.4, -0.2) is 17.6 Å². The molecule has 0 bridgehead atoms. The number of rotatable bonds is 3. The first-order valence-corrected chi connectivity index (χ1v) is 12.6. The lowest BCUT2D eigenvalue weighted by Crippen LogP contribution is -2.29. The van der Waals surface area contributed by atoms with Crippen molar-refractivity contribution in [3.8, 4) is 0 Å². The van der Waals surface area contributed by atoms with E-state index in [0.717, 1.165) is 39.1 Å². The molecule has 0 spiro atoms. The van der Waals surface area contributed by atoms with Crippen LogP contribution in [0.5, 0.6) is 0 Å². The number of carbonyl (C=O) groups excluding carboxylic acids is 1. The van der Waals surface area contributed by atoms with Crippen LogP contribution >= 0.6 is 23.5 Å². The second-order valence-corrected chi connectivity index (χ2v) is 10.2. The van der Waals surface area contributed by atoms with Crippen LogP contribution in [0.15, 0.2) is 86.6 Å². The molecule has 2 aliphatic heterocycles. The minimum atomic E-state index is -0.0276. The number of amidine groups is 1. The number of fused-ring (bicyclic) bond motifs is 1. The molecule has 0 N–H and O–H groups in total. The zero-order valence-electron chi connectivity index (χ0n) is 19.1. The molecular weight excluding hydrogens is 446 g/mol. The van der Waals surface area contributed by atoms with Crippen LogP contribution < -0.4 is 9.80 Å². The first kappa shape index (κ1) is 21.9. The average Bonchev–Trinajstić information content (AvgIpc) is 3.34. The largest absolute Gasteiger partial charge is 0.334 e. The maximum atomic E-state index is 13.8. The zero-order chi connectivity index (χ0) is 23.1. The fourth-order valence-corrected chi connectivity index (χ4v) is 6.32. The van der Waals surface area contributed by atoms with Crippen molar-refractivity contribution in [1.82, 2.24) is 0 Å². The topological polar surface area (TPSA) is 35.9 Å². The van der Waals surface area contributed by atoms with Crippen molar-refractivity contribution in [2.75, 3.05) is 16.3 Å². The van der Waals surface area contributed by atoms with Crippen LogP contribution in [0.2, 0.25) is 0 Å². The molecule has 5 rings (SSSR count). The van der Waals surface area contributed by atoms with Crippen molar-refractivity contribution in [3.63, 3.8) is 0 Å². The van der Waals surface area contributed by atoms with Gasteiger partial charge in [0.05, 0.1) is 17.1 Å². The molecule has 0 aromatic heterocycles. The molecule has 6 heteroatoms. The zero-order valence-corrected chi connectivity index (χ0v) is 20.8. The number of hydrogen-bond donors (Lipinski definition) is 0. The van der Waals surface area contributed by atoms with Crippen LogP contribution in [0.4, 0.5) is 17.1 Å². The number of nitrogens with zero attached hydrogens (tertiary/aromatic N) is 3. The molecule has 0 radical (unpaired) electrons. The quantitative estimate of drug-likeness (QED) is 0.379. The maximum absolute atomic E-state index is 13.8. The highest BCUT2D eigenvalue weighted by molar-refractivity contribution is 8.20. The summed E-state index contributed by atoms with van der Waals surface area (Å²) in [4.78, 5) is 24.7. The molecule has 3 aromatic carbocycles. The Morgan fingerprint density at radius 2 is 1.64 bits per heavy atom. The number of para-hydroxylation sites is 1. The van der Waals surface area contributed by atoms with E-state index in [4.69, 9.17) is 4.99 Å². The third-order valence-corrected chi connectivity index (χ3v) is 8.25. The number of amides is 1. The highest BCUT2D eigenvalue weighted by Crippen LogP contribution is 2.51. The van der Waals surface area contributed by atoms with E-state index < -0.39 is 0 Å². The third-order valence-electron chi connectivity index (χ3n) is 5.91. The fourth-order valence-electron chi connectivity index (χ4n) is 3.92. The van der Waals surface area contributed by atoms with E-state index in [0.29, 0.717) is 5.17 Å². The molecule has 0 atom stereocenters. The van der Waals surface area contributed by atoms with Gasteiger partial charge in [-0.05, 0) is 87.0 Å². The Morgan fingerprint density at radius 1 is 0.879 bits per heavy atom. The molecule has 33 heavy (non-hydrogen) atoms. The van der Waals surface area contributed by atoms with Gasteiger partial charge in [-0.15, -0.1) is 0 Å². The summed E-state index contributed by atoms with van der Waals surface area (Å²) >= 11 is 3.13. The normalized spacial score (nSPS) is 19.0. The van der Waals surface area contributed by atoms with Gasteiger partial charge in [0.1, 0.15) is 9.93 Å². The summed E-state index contributed by atoms with van der Waals surface area (Å²) in [6, 6.07) is 22.5. The Hall–Kier alpha value is -2.96. The number of thioether (sulfide) groups is 2. The summed E-state index contributed by atoms with van der Waals surface area (Å²) in [6.07, 6.45) is 0. The van der Waals surface area contributed by atoms with Gasteiger partial charge in [-0.3, -0.25) is 9.69 Å². The Balaban J connectivity index is 1.63. The third kappa shape index (κ3) is 3.98. The molecule has 0 saturated carbocycles. The number of aryl methyl sites for hydroxylation is 3. The van der Waals surface area contributed by atoms with E-state index in [-0.39, 0.29) is 5.91 Å². The Morgan fingerprint density at radius 3 is 2.36 bits per heavy atom. The van der Waals surface area contributed by atoms with Gasteiger partial charge < -0.3 is 4.90 Å². The molecule has 4 nitrogen and oxygen atoms in total. The molecule has 2 heterocycles. The lowest BCUT2D eigenvalue weighted by molar-refractivity contribution is -0.113. The molecule has 1 amide bonds. The predicted molar refractivity (Wildman–Crippen MR) is 142 cm³/mol. The predicted octanol–water partition coefficient (Wildman–Crippen LogP) is 7.18. The second-order valence-electron chi connectivity index (χ2n) is 8.19. The van der Waals surface area contributed by atoms with Crippen molar-refractivity contribution in [3.05, 3.63) is 93.4 Å². The van der Waals surface area contributed by atoms with E-state index in [2.05, 4.69) is 49.9 Å². The van der Waals surface area contributed by atoms with Crippen molar-refractivity contribution in [2.24, 2.45) is 4.99 Å². The Bertz CT molecular complexity index is 1310. The summed E-state index contributed by atoms with van der Waals surface area (Å²) in [5, 5.41) is 1.67. The smallest absolute Gasteiger partial charge is 0.274 e. The average molecular weight is 472 g/mol. The van der Waals surface area contributed by atoms with Crippen molar-refractivity contribution in [1.29, 1.82) is 0 Å². The molecule has 1 saturated heterocycles. The number of benzene rings is 3. The summed E-state index contributed by atoms with van der Waals surface area (Å²) in [7, 11) is 0. The number of carbonyl (C=O) groups is 1.